The van der Waals surface area contributed by atoms with Crippen LogP contribution in [0.3, 0.4) is 0 Å². The van der Waals surface area contributed by atoms with Crippen molar-refractivity contribution in [2.75, 3.05) is 18.5 Å². The van der Waals surface area contributed by atoms with Gasteiger partial charge < -0.3 is 9.47 Å². The number of aryl methyl sites for hydroxylation is 1. The second kappa shape index (κ2) is 11.1. The van der Waals surface area contributed by atoms with Crippen LogP contribution in [0.5, 0.6) is 11.5 Å². The third-order valence-electron chi connectivity index (χ3n) is 4.35. The molecule has 0 atom stereocenters. The van der Waals surface area contributed by atoms with Crippen LogP contribution in [0, 0.1) is 18.3 Å². The minimum atomic E-state index is -0.521. The lowest BCUT2D eigenvalue weighted by atomic mass is 10.1. The van der Waals surface area contributed by atoms with Crippen molar-refractivity contribution in [2.24, 2.45) is 0 Å². The number of aromatic nitrogens is 2. The van der Waals surface area contributed by atoms with Gasteiger partial charge in [-0.1, -0.05) is 55.0 Å². The van der Waals surface area contributed by atoms with Gasteiger partial charge >= 0.3 is 0 Å². The molecule has 0 saturated heterocycles. The van der Waals surface area contributed by atoms with E-state index in [1.165, 1.54) is 23.0 Å². The topological polar surface area (TPSA) is 97.1 Å². The smallest absolute Gasteiger partial charge is 0.268 e. The van der Waals surface area contributed by atoms with Crippen LogP contribution in [0.25, 0.3) is 6.08 Å². The highest BCUT2D eigenvalue weighted by molar-refractivity contribution is 7.15. The predicted molar refractivity (Wildman–Crippen MR) is 125 cm³/mol. The fourth-order valence-electron chi connectivity index (χ4n) is 2.61. The Hall–Kier alpha value is -3.70. The van der Waals surface area contributed by atoms with Crippen LogP contribution < -0.4 is 14.8 Å². The van der Waals surface area contributed by atoms with Crippen molar-refractivity contribution in [2.45, 2.75) is 26.7 Å². The van der Waals surface area contributed by atoms with Gasteiger partial charge in [0.2, 0.25) is 5.13 Å². The van der Waals surface area contributed by atoms with E-state index < -0.39 is 5.91 Å². The van der Waals surface area contributed by atoms with E-state index in [1.807, 2.05) is 51.1 Å². The van der Waals surface area contributed by atoms with Gasteiger partial charge in [-0.05, 0) is 42.8 Å². The molecule has 3 aromatic rings. The van der Waals surface area contributed by atoms with Gasteiger partial charge in [-0.25, -0.2) is 0 Å². The minimum absolute atomic E-state index is 0.0218. The molecule has 32 heavy (non-hydrogen) atoms. The Kier molecular flexibility index (Phi) is 7.95. The van der Waals surface area contributed by atoms with E-state index in [2.05, 4.69) is 15.5 Å². The Balaban J connectivity index is 1.52. The number of carbonyl (C=O) groups is 1. The van der Waals surface area contributed by atoms with Crippen molar-refractivity contribution in [3.05, 3.63) is 70.2 Å². The molecule has 0 aliphatic rings. The summed E-state index contributed by atoms with van der Waals surface area (Å²) >= 11 is 1.30. The first kappa shape index (κ1) is 23.0. The Bertz CT molecular complexity index is 1110. The van der Waals surface area contributed by atoms with E-state index in [0.717, 1.165) is 10.8 Å². The molecule has 8 heteroatoms. The quantitative estimate of drug-likeness (QED) is 0.282. The molecular weight excluding hydrogens is 424 g/mol. The Morgan fingerprint density at radius 1 is 1.06 bits per heavy atom. The summed E-state index contributed by atoms with van der Waals surface area (Å²) in [6, 6.07) is 16.9. The number of hydrogen-bond acceptors (Lipinski definition) is 7. The van der Waals surface area contributed by atoms with Gasteiger partial charge in [0.1, 0.15) is 41.4 Å². The maximum absolute atomic E-state index is 12.4. The lowest BCUT2D eigenvalue weighted by Crippen LogP contribution is -2.13. The summed E-state index contributed by atoms with van der Waals surface area (Å²) in [6.07, 6.45) is 1.52. The first-order chi connectivity index (χ1) is 15.4. The number of benzene rings is 2. The fourth-order valence-corrected chi connectivity index (χ4v) is 3.35. The van der Waals surface area contributed by atoms with E-state index >= 15 is 0 Å². The molecule has 0 bridgehead atoms. The van der Waals surface area contributed by atoms with Crippen molar-refractivity contribution < 1.29 is 14.3 Å². The van der Waals surface area contributed by atoms with Gasteiger partial charge in [0.25, 0.3) is 5.91 Å². The van der Waals surface area contributed by atoms with Crippen LogP contribution >= 0.6 is 11.3 Å². The van der Waals surface area contributed by atoms with E-state index in [9.17, 15) is 10.1 Å². The molecule has 2 aromatic carbocycles. The molecule has 0 unspecified atom stereocenters. The van der Waals surface area contributed by atoms with Crippen LogP contribution in [0.1, 0.15) is 35.9 Å². The van der Waals surface area contributed by atoms with Crippen LogP contribution in [0.15, 0.2) is 54.1 Å². The molecule has 0 saturated carbocycles. The normalized spacial score (nSPS) is 11.2. The average molecular weight is 449 g/mol. The lowest BCUT2D eigenvalue weighted by molar-refractivity contribution is -0.112. The molecule has 164 valence electrons. The molecule has 1 amide bonds. The largest absolute Gasteiger partial charge is 0.490 e. The number of hydrogen-bond donors (Lipinski definition) is 1. The fraction of sp³-hybridized carbons (Fsp3) is 0.250. The lowest BCUT2D eigenvalue weighted by Gasteiger charge is -2.09. The predicted octanol–water partition coefficient (Wildman–Crippen LogP) is 4.97. The van der Waals surface area contributed by atoms with Crippen molar-refractivity contribution in [3.63, 3.8) is 0 Å². The van der Waals surface area contributed by atoms with Crippen LogP contribution in [0.2, 0.25) is 0 Å². The first-order valence-corrected chi connectivity index (χ1v) is 10.9. The van der Waals surface area contributed by atoms with Crippen LogP contribution in [-0.2, 0) is 4.79 Å². The van der Waals surface area contributed by atoms with E-state index in [0.29, 0.717) is 29.7 Å². The number of nitrogens with one attached hydrogen (secondary N) is 1. The van der Waals surface area contributed by atoms with Gasteiger partial charge in [-0.3, -0.25) is 10.1 Å². The average Bonchev–Trinajstić information content (AvgIpc) is 3.26. The zero-order valence-electron chi connectivity index (χ0n) is 18.2. The summed E-state index contributed by atoms with van der Waals surface area (Å²) in [4.78, 5) is 12.4. The summed E-state index contributed by atoms with van der Waals surface area (Å²) in [5.41, 5.74) is 1.87. The molecule has 0 radical (unpaired) electrons. The molecular formula is C24H24N4O3S. The number of rotatable bonds is 9. The Morgan fingerprint density at radius 3 is 2.19 bits per heavy atom. The number of nitrogens with zero attached hydrogens (tertiary/aromatic N) is 3. The van der Waals surface area contributed by atoms with Gasteiger partial charge in [0.15, 0.2) is 0 Å². The van der Waals surface area contributed by atoms with E-state index in [4.69, 9.17) is 9.47 Å². The number of anilines is 1. The second-order valence-corrected chi connectivity index (χ2v) is 8.31. The van der Waals surface area contributed by atoms with Gasteiger partial charge in [0, 0.05) is 5.92 Å². The molecule has 0 aliphatic heterocycles. The monoisotopic (exact) mass is 448 g/mol. The summed E-state index contributed by atoms with van der Waals surface area (Å²) < 4.78 is 11.3. The maximum Gasteiger partial charge on any atom is 0.268 e. The van der Waals surface area contributed by atoms with Crippen LogP contribution in [0.4, 0.5) is 5.13 Å². The number of ether oxygens (including phenoxy) is 2. The summed E-state index contributed by atoms with van der Waals surface area (Å²) in [7, 11) is 0. The molecule has 1 heterocycles. The van der Waals surface area contributed by atoms with Crippen LogP contribution in [-0.4, -0.2) is 29.3 Å². The van der Waals surface area contributed by atoms with Crippen molar-refractivity contribution in [1.29, 1.82) is 5.26 Å². The zero-order valence-corrected chi connectivity index (χ0v) is 19.0. The second-order valence-electron chi connectivity index (χ2n) is 7.30. The van der Waals surface area contributed by atoms with Gasteiger partial charge in [-0.2, -0.15) is 5.26 Å². The number of carbonyl (C=O) groups excluding carboxylic acids is 1. The highest BCUT2D eigenvalue weighted by Crippen LogP contribution is 2.23. The van der Waals surface area contributed by atoms with Gasteiger partial charge in [0.05, 0.1) is 0 Å². The summed E-state index contributed by atoms with van der Waals surface area (Å²) in [6.45, 7) is 6.84. The highest BCUT2D eigenvalue weighted by Gasteiger charge is 2.14. The molecule has 0 spiro atoms. The Morgan fingerprint density at radius 2 is 1.66 bits per heavy atom. The van der Waals surface area contributed by atoms with E-state index in [-0.39, 0.29) is 11.5 Å². The zero-order chi connectivity index (χ0) is 22.9. The highest BCUT2D eigenvalue weighted by atomic mass is 32.1. The minimum Gasteiger partial charge on any atom is -0.490 e. The summed E-state index contributed by atoms with van der Waals surface area (Å²) in [5, 5.41) is 21.2. The summed E-state index contributed by atoms with van der Waals surface area (Å²) in [5.74, 6) is 1.18. The first-order valence-electron chi connectivity index (χ1n) is 10.1. The Labute approximate surface area is 191 Å². The standard InChI is InChI=1S/C24H24N4O3S/c1-16(2)23-27-28-24(32-23)26-22(29)19(15-25)14-18-6-10-21(11-7-18)31-13-12-30-20-8-4-17(3)5-9-20/h4-11,14,16H,12-13H2,1-3H3,(H,26,28,29)/b19-14-. The maximum atomic E-state index is 12.4. The molecule has 0 fully saturated rings. The number of amides is 1. The molecule has 1 aromatic heterocycles. The third kappa shape index (κ3) is 6.65. The molecule has 3 rings (SSSR count). The molecule has 1 N–H and O–H groups in total. The van der Waals surface area contributed by atoms with Gasteiger partial charge in [-0.15, -0.1) is 10.2 Å². The van der Waals surface area contributed by atoms with Crippen molar-refractivity contribution >= 4 is 28.5 Å². The number of nitriles is 1. The van der Waals surface area contributed by atoms with E-state index in [1.54, 1.807) is 24.3 Å². The molecule has 0 aliphatic carbocycles. The SMILES string of the molecule is Cc1ccc(OCCOc2ccc(/C=C(/C#N)C(=O)Nc3nnc(C(C)C)s3)cc2)cc1. The van der Waals surface area contributed by atoms with Crippen molar-refractivity contribution in [1.82, 2.24) is 10.2 Å². The third-order valence-corrected chi connectivity index (χ3v) is 5.49. The van der Waals surface area contributed by atoms with Crippen molar-refractivity contribution in [3.8, 4) is 17.6 Å². The molecule has 7 nitrogen and oxygen atoms in total.